The number of hydrogen-bond acceptors (Lipinski definition) is 2. The van der Waals surface area contributed by atoms with Gasteiger partial charge in [-0.3, -0.25) is 0 Å². The summed E-state index contributed by atoms with van der Waals surface area (Å²) in [6.07, 6.45) is 3.67. The molecule has 0 saturated heterocycles. The Morgan fingerprint density at radius 3 is 1.88 bits per heavy atom. The molecule has 0 aromatic rings. The summed E-state index contributed by atoms with van der Waals surface area (Å²) in [5.41, 5.74) is 6.44. The van der Waals surface area contributed by atoms with Crippen molar-refractivity contribution < 1.29 is 4.74 Å². The zero-order chi connectivity index (χ0) is 12.8. The largest absolute Gasteiger partial charge is 0.376 e. The van der Waals surface area contributed by atoms with Crippen LogP contribution in [-0.2, 0) is 4.74 Å². The highest BCUT2D eigenvalue weighted by Crippen LogP contribution is 2.28. The molecular weight excluding hydrogens is 198 g/mol. The zero-order valence-electron chi connectivity index (χ0n) is 12.0. The molecule has 0 radical (unpaired) electrons. The van der Waals surface area contributed by atoms with Crippen molar-refractivity contribution in [3.63, 3.8) is 0 Å². The second-order valence-electron chi connectivity index (χ2n) is 5.82. The minimum Gasteiger partial charge on any atom is -0.376 e. The van der Waals surface area contributed by atoms with Crippen molar-refractivity contribution in [1.29, 1.82) is 0 Å². The lowest BCUT2D eigenvalue weighted by Crippen LogP contribution is -2.46. The van der Waals surface area contributed by atoms with E-state index in [0.717, 1.165) is 18.9 Å². The lowest BCUT2D eigenvalue weighted by atomic mass is 9.81. The summed E-state index contributed by atoms with van der Waals surface area (Å²) in [6.45, 7) is 13.9. The number of hydrogen-bond donors (Lipinski definition) is 1. The van der Waals surface area contributed by atoms with Gasteiger partial charge in [-0.05, 0) is 24.7 Å². The molecule has 0 heterocycles. The Hall–Kier alpha value is -0.0800. The van der Waals surface area contributed by atoms with Crippen LogP contribution < -0.4 is 5.73 Å². The van der Waals surface area contributed by atoms with Crippen LogP contribution >= 0.6 is 0 Å². The van der Waals surface area contributed by atoms with Crippen molar-refractivity contribution in [3.8, 4) is 0 Å². The highest BCUT2D eigenvalue weighted by molar-refractivity contribution is 4.85. The highest BCUT2D eigenvalue weighted by atomic mass is 16.5. The van der Waals surface area contributed by atoms with Gasteiger partial charge in [0.15, 0.2) is 0 Å². The van der Waals surface area contributed by atoms with Crippen LogP contribution in [0.25, 0.3) is 0 Å². The molecule has 0 aliphatic rings. The predicted molar refractivity (Wildman–Crippen MR) is 71.5 cm³/mol. The molecule has 0 rings (SSSR count). The maximum Gasteiger partial charge on any atom is 0.0773 e. The molecule has 2 nitrogen and oxygen atoms in total. The molecule has 2 atom stereocenters. The lowest BCUT2D eigenvalue weighted by Gasteiger charge is -2.36. The smallest absolute Gasteiger partial charge is 0.0773 e. The Bertz CT molecular complexity index is 170. The summed E-state index contributed by atoms with van der Waals surface area (Å²) in [4.78, 5) is 0. The van der Waals surface area contributed by atoms with E-state index >= 15 is 0 Å². The molecule has 0 aromatic carbocycles. The van der Waals surface area contributed by atoms with Crippen molar-refractivity contribution in [3.05, 3.63) is 0 Å². The molecule has 98 valence electrons. The topological polar surface area (TPSA) is 35.2 Å². The highest BCUT2D eigenvalue weighted by Gasteiger charge is 2.31. The average molecular weight is 229 g/mol. The van der Waals surface area contributed by atoms with Crippen LogP contribution in [0.15, 0.2) is 0 Å². The third-order valence-electron chi connectivity index (χ3n) is 3.35. The third-order valence-corrected chi connectivity index (χ3v) is 3.35. The normalized spacial score (nSPS) is 16.5. The Labute approximate surface area is 102 Å². The molecule has 0 aliphatic carbocycles. The van der Waals surface area contributed by atoms with Gasteiger partial charge < -0.3 is 10.5 Å². The van der Waals surface area contributed by atoms with Gasteiger partial charge in [0.2, 0.25) is 0 Å². The molecule has 0 fully saturated rings. The summed E-state index contributed by atoms with van der Waals surface area (Å²) in [5.74, 6) is 0.736. The van der Waals surface area contributed by atoms with Crippen LogP contribution in [0.2, 0.25) is 0 Å². The number of nitrogens with two attached hydrogens (primary N) is 1. The van der Waals surface area contributed by atoms with E-state index in [4.69, 9.17) is 10.5 Å². The first-order valence-corrected chi connectivity index (χ1v) is 6.73. The average Bonchev–Trinajstić information content (AvgIpc) is 2.20. The standard InChI is InChI=1S/C14H31NO/c1-7-11(8-2)10-12(15)13(16-9-3)14(4,5)6/h11-13H,7-10,15H2,1-6H3. The Morgan fingerprint density at radius 1 is 1.06 bits per heavy atom. The maximum atomic E-state index is 6.32. The maximum absolute atomic E-state index is 6.32. The van der Waals surface area contributed by atoms with E-state index in [-0.39, 0.29) is 17.6 Å². The molecule has 0 bridgehead atoms. The first-order chi connectivity index (χ1) is 7.36. The van der Waals surface area contributed by atoms with E-state index in [1.165, 1.54) is 12.8 Å². The summed E-state index contributed by atoms with van der Waals surface area (Å²) in [7, 11) is 0. The molecule has 0 amide bonds. The molecule has 0 aromatic heterocycles. The monoisotopic (exact) mass is 229 g/mol. The summed E-state index contributed by atoms with van der Waals surface area (Å²) < 4.78 is 5.83. The Kier molecular flexibility index (Phi) is 7.25. The second-order valence-corrected chi connectivity index (χ2v) is 5.82. The summed E-state index contributed by atoms with van der Waals surface area (Å²) >= 11 is 0. The van der Waals surface area contributed by atoms with Gasteiger partial charge in [-0.15, -0.1) is 0 Å². The molecular formula is C14H31NO. The first-order valence-electron chi connectivity index (χ1n) is 6.73. The molecule has 16 heavy (non-hydrogen) atoms. The molecule has 2 heteroatoms. The third kappa shape index (κ3) is 5.31. The molecule has 0 aliphatic heterocycles. The van der Waals surface area contributed by atoms with Crippen LogP contribution in [-0.4, -0.2) is 18.8 Å². The number of rotatable bonds is 7. The van der Waals surface area contributed by atoms with Gasteiger partial charge in [-0.1, -0.05) is 47.5 Å². The van der Waals surface area contributed by atoms with Crippen molar-refractivity contribution >= 4 is 0 Å². The molecule has 2 unspecified atom stereocenters. The van der Waals surface area contributed by atoms with E-state index in [0.29, 0.717) is 0 Å². The van der Waals surface area contributed by atoms with Gasteiger partial charge in [0.25, 0.3) is 0 Å². The second kappa shape index (κ2) is 7.29. The van der Waals surface area contributed by atoms with Gasteiger partial charge in [0, 0.05) is 12.6 Å². The van der Waals surface area contributed by atoms with Gasteiger partial charge >= 0.3 is 0 Å². The molecule has 2 N–H and O–H groups in total. The van der Waals surface area contributed by atoms with E-state index < -0.39 is 0 Å². The fourth-order valence-electron chi connectivity index (χ4n) is 2.33. The minimum absolute atomic E-state index is 0.126. The van der Waals surface area contributed by atoms with E-state index in [1.54, 1.807) is 0 Å². The summed E-state index contributed by atoms with van der Waals surface area (Å²) in [6, 6.07) is 0.157. The van der Waals surface area contributed by atoms with Crippen LogP contribution in [0.5, 0.6) is 0 Å². The van der Waals surface area contributed by atoms with Gasteiger partial charge in [0.1, 0.15) is 0 Å². The predicted octanol–water partition coefficient (Wildman–Crippen LogP) is 3.59. The SMILES string of the molecule is CCOC(C(N)CC(CC)CC)C(C)(C)C. The number of ether oxygens (including phenoxy) is 1. The molecule has 0 saturated carbocycles. The zero-order valence-corrected chi connectivity index (χ0v) is 12.0. The molecule has 0 spiro atoms. The van der Waals surface area contributed by atoms with E-state index in [2.05, 4.69) is 34.6 Å². The Morgan fingerprint density at radius 2 is 1.56 bits per heavy atom. The van der Waals surface area contributed by atoms with E-state index in [9.17, 15) is 0 Å². The fraction of sp³-hybridized carbons (Fsp3) is 1.00. The van der Waals surface area contributed by atoms with Crippen LogP contribution in [0.3, 0.4) is 0 Å². The lowest BCUT2D eigenvalue weighted by molar-refractivity contribution is -0.0321. The first kappa shape index (κ1) is 15.9. The van der Waals surface area contributed by atoms with Crippen molar-refractivity contribution in [1.82, 2.24) is 0 Å². The van der Waals surface area contributed by atoms with Crippen LogP contribution in [0.4, 0.5) is 0 Å². The fourth-order valence-corrected chi connectivity index (χ4v) is 2.33. The van der Waals surface area contributed by atoms with Crippen molar-refractivity contribution in [2.45, 2.75) is 73.0 Å². The van der Waals surface area contributed by atoms with Crippen LogP contribution in [0, 0.1) is 11.3 Å². The van der Waals surface area contributed by atoms with Crippen molar-refractivity contribution in [2.75, 3.05) is 6.61 Å². The van der Waals surface area contributed by atoms with Gasteiger partial charge in [-0.25, -0.2) is 0 Å². The van der Waals surface area contributed by atoms with Gasteiger partial charge in [-0.2, -0.15) is 0 Å². The van der Waals surface area contributed by atoms with E-state index in [1.807, 2.05) is 6.92 Å². The summed E-state index contributed by atoms with van der Waals surface area (Å²) in [5, 5.41) is 0. The van der Waals surface area contributed by atoms with Gasteiger partial charge in [0.05, 0.1) is 6.10 Å². The van der Waals surface area contributed by atoms with Crippen LogP contribution in [0.1, 0.15) is 60.8 Å². The minimum atomic E-state index is 0.126. The Balaban J connectivity index is 4.43. The quantitative estimate of drug-likeness (QED) is 0.724. The van der Waals surface area contributed by atoms with Crippen molar-refractivity contribution in [2.24, 2.45) is 17.1 Å².